The quantitative estimate of drug-likeness (QED) is 0.817. The lowest BCUT2D eigenvalue weighted by atomic mass is 10.3. The fraction of sp³-hybridized carbons (Fsp3) is 0.462. The molecule has 114 valence electrons. The first-order valence-electron chi connectivity index (χ1n) is 6.63. The van der Waals surface area contributed by atoms with E-state index in [4.69, 9.17) is 23.2 Å². The van der Waals surface area contributed by atoms with Gasteiger partial charge in [0.1, 0.15) is 0 Å². The van der Waals surface area contributed by atoms with Crippen molar-refractivity contribution < 1.29 is 4.79 Å². The van der Waals surface area contributed by atoms with Crippen LogP contribution in [-0.4, -0.2) is 37.4 Å². The molecule has 1 amide bonds. The fourth-order valence-electron chi connectivity index (χ4n) is 1.99. The predicted molar refractivity (Wildman–Crippen MR) is 81.2 cm³/mol. The number of halogens is 2. The van der Waals surface area contributed by atoms with Gasteiger partial charge in [0, 0.05) is 32.8 Å². The number of rotatable bonds is 6. The molecule has 0 radical (unpaired) electrons. The summed E-state index contributed by atoms with van der Waals surface area (Å²) in [6.07, 6.45) is 5.20. The minimum absolute atomic E-state index is 0.0153. The van der Waals surface area contributed by atoms with Gasteiger partial charge in [-0.2, -0.15) is 10.2 Å². The zero-order valence-corrected chi connectivity index (χ0v) is 13.5. The van der Waals surface area contributed by atoms with E-state index in [0.29, 0.717) is 29.6 Å². The van der Waals surface area contributed by atoms with Crippen LogP contribution in [0.2, 0.25) is 10.0 Å². The highest BCUT2D eigenvalue weighted by atomic mass is 35.5. The molecule has 0 aromatic carbocycles. The molecule has 0 bridgehead atoms. The Bertz CT molecular complexity index is 622. The predicted octanol–water partition coefficient (Wildman–Crippen LogP) is 2.46. The molecule has 2 aromatic rings. The Kier molecular flexibility index (Phi) is 5.25. The molecular weight excluding hydrogens is 313 g/mol. The molecule has 0 aliphatic rings. The largest absolute Gasteiger partial charge is 0.340 e. The number of amides is 1. The molecule has 0 N–H and O–H groups in total. The Morgan fingerprint density at radius 2 is 2.10 bits per heavy atom. The number of carbonyl (C=O) groups excluding carboxylic acids is 1. The summed E-state index contributed by atoms with van der Waals surface area (Å²) in [6, 6.07) is 0. The first-order chi connectivity index (χ1) is 10.0. The van der Waals surface area contributed by atoms with E-state index in [0.717, 1.165) is 12.2 Å². The number of aryl methyl sites for hydroxylation is 2. The number of aromatic nitrogens is 4. The zero-order valence-electron chi connectivity index (χ0n) is 12.0. The average molecular weight is 330 g/mol. The monoisotopic (exact) mass is 329 g/mol. The van der Waals surface area contributed by atoms with E-state index in [1.54, 1.807) is 39.9 Å². The Hall–Kier alpha value is -1.53. The maximum Gasteiger partial charge on any atom is 0.224 e. The molecule has 2 heterocycles. The van der Waals surface area contributed by atoms with E-state index in [2.05, 4.69) is 10.2 Å². The second kappa shape index (κ2) is 6.95. The van der Waals surface area contributed by atoms with Crippen LogP contribution in [0.25, 0.3) is 0 Å². The Morgan fingerprint density at radius 1 is 1.33 bits per heavy atom. The van der Waals surface area contributed by atoms with Gasteiger partial charge in [0.05, 0.1) is 34.7 Å². The van der Waals surface area contributed by atoms with Crippen molar-refractivity contribution in [3.8, 4) is 0 Å². The number of hydrogen-bond acceptors (Lipinski definition) is 3. The molecule has 0 fully saturated rings. The summed E-state index contributed by atoms with van der Waals surface area (Å²) in [7, 11) is 1.75. The lowest BCUT2D eigenvalue weighted by Crippen LogP contribution is -2.28. The van der Waals surface area contributed by atoms with Gasteiger partial charge in [0.25, 0.3) is 0 Å². The van der Waals surface area contributed by atoms with Crippen LogP contribution in [0.1, 0.15) is 19.0 Å². The van der Waals surface area contributed by atoms with Gasteiger partial charge in [-0.05, 0) is 6.92 Å². The maximum atomic E-state index is 12.1. The van der Waals surface area contributed by atoms with Crippen molar-refractivity contribution in [3.05, 3.63) is 34.3 Å². The van der Waals surface area contributed by atoms with Crippen LogP contribution >= 0.6 is 23.2 Å². The molecule has 0 spiro atoms. The van der Waals surface area contributed by atoms with Crippen molar-refractivity contribution in [3.63, 3.8) is 0 Å². The van der Waals surface area contributed by atoms with Crippen LogP contribution in [0.3, 0.4) is 0 Å². The smallest absolute Gasteiger partial charge is 0.224 e. The summed E-state index contributed by atoms with van der Waals surface area (Å²) in [5.74, 6) is 0.0153. The molecule has 0 aliphatic heterocycles. The van der Waals surface area contributed by atoms with Crippen molar-refractivity contribution >= 4 is 29.1 Å². The van der Waals surface area contributed by atoms with Crippen LogP contribution in [0.5, 0.6) is 0 Å². The van der Waals surface area contributed by atoms with Crippen LogP contribution in [0.4, 0.5) is 0 Å². The zero-order chi connectivity index (χ0) is 15.4. The summed E-state index contributed by atoms with van der Waals surface area (Å²) >= 11 is 11.9. The minimum Gasteiger partial charge on any atom is -0.340 e. The third kappa shape index (κ3) is 3.98. The van der Waals surface area contributed by atoms with Crippen LogP contribution < -0.4 is 0 Å². The summed E-state index contributed by atoms with van der Waals surface area (Å²) in [6.45, 7) is 3.63. The number of carbonyl (C=O) groups is 1. The summed E-state index contributed by atoms with van der Waals surface area (Å²) in [5.41, 5.74) is 0.845. The molecule has 6 nitrogen and oxygen atoms in total. The van der Waals surface area contributed by atoms with E-state index in [-0.39, 0.29) is 5.91 Å². The number of hydrogen-bond donors (Lipinski definition) is 0. The van der Waals surface area contributed by atoms with Crippen molar-refractivity contribution in [1.82, 2.24) is 24.5 Å². The standard InChI is InChI=1S/C13H17Cl2N5O/c1-3-20-12(11(15)7-17-20)9-18(2)13(21)4-5-19-8-10(14)6-16-19/h6-8H,3-5,9H2,1-2H3. The molecule has 0 aliphatic carbocycles. The van der Waals surface area contributed by atoms with E-state index in [9.17, 15) is 4.79 Å². The molecule has 0 unspecified atom stereocenters. The highest BCUT2D eigenvalue weighted by Crippen LogP contribution is 2.17. The minimum atomic E-state index is 0.0153. The van der Waals surface area contributed by atoms with Gasteiger partial charge in [0.2, 0.25) is 5.91 Å². The van der Waals surface area contributed by atoms with E-state index in [1.165, 1.54) is 0 Å². The highest BCUT2D eigenvalue weighted by molar-refractivity contribution is 6.31. The molecule has 0 saturated heterocycles. The molecule has 2 rings (SSSR count). The SMILES string of the molecule is CCn1ncc(Cl)c1CN(C)C(=O)CCn1cc(Cl)cn1. The Balaban J connectivity index is 1.91. The Morgan fingerprint density at radius 3 is 2.71 bits per heavy atom. The van der Waals surface area contributed by atoms with E-state index in [1.807, 2.05) is 6.92 Å². The average Bonchev–Trinajstić information content (AvgIpc) is 3.03. The van der Waals surface area contributed by atoms with Gasteiger partial charge in [-0.1, -0.05) is 23.2 Å². The first kappa shape index (κ1) is 15.9. The van der Waals surface area contributed by atoms with Crippen molar-refractivity contribution in [2.45, 2.75) is 33.0 Å². The van der Waals surface area contributed by atoms with Crippen molar-refractivity contribution in [1.29, 1.82) is 0 Å². The maximum absolute atomic E-state index is 12.1. The Labute approximate surface area is 133 Å². The molecular formula is C13H17Cl2N5O. The van der Waals surface area contributed by atoms with Gasteiger partial charge in [-0.15, -0.1) is 0 Å². The second-order valence-corrected chi connectivity index (χ2v) is 5.52. The summed E-state index contributed by atoms with van der Waals surface area (Å²) in [4.78, 5) is 13.8. The van der Waals surface area contributed by atoms with Crippen molar-refractivity contribution in [2.75, 3.05) is 7.05 Å². The molecule has 8 heteroatoms. The topological polar surface area (TPSA) is 56.0 Å². The van der Waals surface area contributed by atoms with Gasteiger partial charge in [0.15, 0.2) is 0 Å². The third-order valence-corrected chi connectivity index (χ3v) is 3.68. The number of nitrogens with zero attached hydrogens (tertiary/aromatic N) is 5. The third-order valence-electron chi connectivity index (χ3n) is 3.17. The van der Waals surface area contributed by atoms with Crippen molar-refractivity contribution in [2.24, 2.45) is 0 Å². The van der Waals surface area contributed by atoms with Gasteiger partial charge >= 0.3 is 0 Å². The lowest BCUT2D eigenvalue weighted by Gasteiger charge is -2.18. The van der Waals surface area contributed by atoms with Gasteiger partial charge in [-0.25, -0.2) is 0 Å². The van der Waals surface area contributed by atoms with Crippen LogP contribution in [-0.2, 0) is 24.4 Å². The van der Waals surface area contributed by atoms with E-state index < -0.39 is 0 Å². The van der Waals surface area contributed by atoms with Crippen LogP contribution in [0, 0.1) is 0 Å². The fourth-order valence-corrected chi connectivity index (χ4v) is 2.35. The highest BCUT2D eigenvalue weighted by Gasteiger charge is 2.15. The molecule has 21 heavy (non-hydrogen) atoms. The van der Waals surface area contributed by atoms with E-state index >= 15 is 0 Å². The molecule has 0 atom stereocenters. The van der Waals surface area contributed by atoms with Crippen LogP contribution in [0.15, 0.2) is 18.6 Å². The summed E-state index contributed by atoms with van der Waals surface area (Å²) in [5, 5.41) is 9.35. The second-order valence-electron chi connectivity index (χ2n) is 4.68. The first-order valence-corrected chi connectivity index (χ1v) is 7.39. The molecule has 2 aromatic heterocycles. The lowest BCUT2D eigenvalue weighted by molar-refractivity contribution is -0.130. The normalized spacial score (nSPS) is 10.9. The molecule has 0 saturated carbocycles. The van der Waals surface area contributed by atoms with Gasteiger partial charge in [-0.3, -0.25) is 14.2 Å². The van der Waals surface area contributed by atoms with Gasteiger partial charge < -0.3 is 4.90 Å². The summed E-state index contributed by atoms with van der Waals surface area (Å²) < 4.78 is 3.44.